The van der Waals surface area contributed by atoms with E-state index in [-0.39, 0.29) is 45.3 Å². The zero-order chi connectivity index (χ0) is 31.0. The van der Waals surface area contributed by atoms with E-state index in [4.69, 9.17) is 4.43 Å². The molecule has 4 rings (SSSR count). The van der Waals surface area contributed by atoms with Crippen molar-refractivity contribution in [1.82, 2.24) is 0 Å². The molecule has 9 atom stereocenters. The lowest BCUT2D eigenvalue weighted by Crippen LogP contribution is -2.50. The number of aliphatic hydroxyl groups excluding tert-OH is 1. The summed E-state index contributed by atoms with van der Waals surface area (Å²) in [7, 11) is -7.81. The minimum atomic E-state index is -3.30. The van der Waals surface area contributed by atoms with Crippen molar-refractivity contribution in [3.05, 3.63) is 11.6 Å². The fourth-order valence-electron chi connectivity index (χ4n) is 9.03. The van der Waals surface area contributed by atoms with Gasteiger partial charge in [-0.2, -0.15) is 0 Å². The molecule has 0 amide bonds. The highest BCUT2D eigenvalue weighted by atomic mass is 32.2. The van der Waals surface area contributed by atoms with Crippen molar-refractivity contribution in [2.24, 2.45) is 35.0 Å². The van der Waals surface area contributed by atoms with Gasteiger partial charge in [-0.15, -0.1) is 0 Å². The van der Waals surface area contributed by atoms with Gasteiger partial charge in [0.05, 0.1) is 17.1 Å². The van der Waals surface area contributed by atoms with Crippen molar-refractivity contribution in [2.75, 3.05) is 5.75 Å². The summed E-state index contributed by atoms with van der Waals surface area (Å²) in [4.78, 5) is 11.1. The molecule has 0 bridgehead atoms. The summed E-state index contributed by atoms with van der Waals surface area (Å²) in [5.74, 6) is 1.36. The van der Waals surface area contributed by atoms with Gasteiger partial charge in [0.1, 0.15) is 0 Å². The van der Waals surface area contributed by atoms with E-state index in [9.17, 15) is 18.3 Å². The van der Waals surface area contributed by atoms with Crippen LogP contribution in [0.2, 0.25) is 36.3 Å². The number of sulfone groups is 1. The van der Waals surface area contributed by atoms with Gasteiger partial charge in [-0.3, -0.25) is 0 Å². The Bertz CT molecular complexity index is 1100. The second kappa shape index (κ2) is 11.1. The third-order valence-corrected chi connectivity index (χ3v) is 23.4. The van der Waals surface area contributed by atoms with E-state index in [1.807, 2.05) is 20.0 Å². The van der Waals surface area contributed by atoms with Gasteiger partial charge in [0.25, 0.3) is 0 Å². The normalized spacial score (nSPS) is 39.9. The van der Waals surface area contributed by atoms with Crippen molar-refractivity contribution < 1.29 is 22.7 Å². The van der Waals surface area contributed by atoms with Crippen LogP contribution >= 0.6 is 0 Å². The Morgan fingerprint density at radius 1 is 1.07 bits per heavy atom. The van der Waals surface area contributed by atoms with Crippen LogP contribution in [0.1, 0.15) is 99.8 Å². The SMILES string of the molecule is C[C@H](O)[C@H]1CCC2/C(=C/C3C4C[C@@H](CC(C)(C)[Si](C)(C)O)C[C@H](O[Si](C)(C)C(C)(C)C)C4CS3(=O)=O)CCC[C@@]21C. The van der Waals surface area contributed by atoms with E-state index in [1.54, 1.807) is 0 Å². The summed E-state index contributed by atoms with van der Waals surface area (Å²) in [6.45, 7) is 24.2. The zero-order valence-electron chi connectivity index (χ0n) is 28.1. The average molecular weight is 627 g/mol. The van der Waals surface area contributed by atoms with Crippen molar-refractivity contribution in [2.45, 2.75) is 154 Å². The van der Waals surface area contributed by atoms with Gasteiger partial charge in [0.15, 0.2) is 26.5 Å². The first kappa shape index (κ1) is 33.9. The molecule has 4 fully saturated rings. The van der Waals surface area contributed by atoms with E-state index < -0.39 is 31.7 Å². The maximum atomic E-state index is 14.0. The van der Waals surface area contributed by atoms with Crippen molar-refractivity contribution >= 4 is 26.5 Å². The molecule has 3 saturated carbocycles. The van der Waals surface area contributed by atoms with Gasteiger partial charge in [-0.05, 0) is 124 Å². The summed E-state index contributed by atoms with van der Waals surface area (Å²) < 4.78 is 35.2. The van der Waals surface area contributed by atoms with Gasteiger partial charge >= 0.3 is 0 Å². The van der Waals surface area contributed by atoms with E-state index in [0.29, 0.717) is 17.8 Å². The number of allylic oxidation sites excluding steroid dienone is 1. The molecule has 1 saturated heterocycles. The Hall–Kier alpha value is 0.00377. The first-order valence-electron chi connectivity index (χ1n) is 16.5. The monoisotopic (exact) mass is 626 g/mol. The molecule has 2 N–H and O–H groups in total. The largest absolute Gasteiger partial charge is 0.432 e. The molecule has 238 valence electrons. The van der Waals surface area contributed by atoms with Crippen LogP contribution < -0.4 is 0 Å². The second-order valence-corrected chi connectivity index (χ2v) is 29.0. The first-order chi connectivity index (χ1) is 18.5. The molecule has 3 aliphatic carbocycles. The Kier molecular flexibility index (Phi) is 9.18. The van der Waals surface area contributed by atoms with E-state index >= 15 is 0 Å². The predicted octanol–water partition coefficient (Wildman–Crippen LogP) is 7.71. The molecule has 8 heteroatoms. The molecule has 0 aromatic rings. The highest BCUT2D eigenvalue weighted by Crippen LogP contribution is 2.59. The van der Waals surface area contributed by atoms with Crippen LogP contribution in [0.4, 0.5) is 0 Å². The Morgan fingerprint density at radius 2 is 1.71 bits per heavy atom. The van der Waals surface area contributed by atoms with Gasteiger partial charge in [0.2, 0.25) is 0 Å². The molecule has 4 unspecified atom stereocenters. The molecule has 5 nitrogen and oxygen atoms in total. The maximum Gasteiger partial charge on any atom is 0.192 e. The molecule has 41 heavy (non-hydrogen) atoms. The second-order valence-electron chi connectivity index (χ2n) is 17.6. The summed E-state index contributed by atoms with van der Waals surface area (Å²) in [6, 6.07) is 0. The third-order valence-electron chi connectivity index (χ3n) is 13.2. The first-order valence-corrected chi connectivity index (χ1v) is 24.1. The summed E-state index contributed by atoms with van der Waals surface area (Å²) in [6.07, 6.45) is 9.86. The van der Waals surface area contributed by atoms with E-state index in [0.717, 1.165) is 51.4 Å². The standard InChI is InChI=1S/C33H62O5SSi2/c1-22(34)27-14-15-28-24(13-12-16-33(27,28)7)19-30-25-17-23(20-32(5,6)40(8,9)37)18-29(26(25)21-39(30,35)36)38-41(10,11)31(2,3)4/h19,22-23,25-30,34,37H,12-18,20-21H2,1-11H3/b24-19+/t22-,23+,25?,26?,27+,28?,29-,30?,33+/m0/s1. The molecule has 1 aliphatic heterocycles. The predicted molar refractivity (Wildman–Crippen MR) is 176 cm³/mol. The zero-order valence-corrected chi connectivity index (χ0v) is 30.9. The van der Waals surface area contributed by atoms with Crippen LogP contribution in [0.15, 0.2) is 11.6 Å². The van der Waals surface area contributed by atoms with Gasteiger partial charge in [0, 0.05) is 12.0 Å². The van der Waals surface area contributed by atoms with Crippen LogP contribution in [-0.4, -0.2) is 58.2 Å². The smallest absolute Gasteiger partial charge is 0.192 e. The molecular formula is C33H62O5SSi2. The molecule has 0 spiro atoms. The molecular weight excluding hydrogens is 565 g/mol. The van der Waals surface area contributed by atoms with E-state index in [2.05, 4.69) is 60.7 Å². The minimum Gasteiger partial charge on any atom is -0.432 e. The highest BCUT2D eigenvalue weighted by Gasteiger charge is 2.57. The topological polar surface area (TPSA) is 83.8 Å². The van der Waals surface area contributed by atoms with Crippen molar-refractivity contribution in [3.63, 3.8) is 0 Å². The molecule has 0 radical (unpaired) electrons. The third kappa shape index (κ3) is 6.40. The Balaban J connectivity index is 1.70. The molecule has 0 aromatic heterocycles. The summed E-state index contributed by atoms with van der Waals surface area (Å²) in [5, 5.41) is 10.1. The van der Waals surface area contributed by atoms with Crippen LogP contribution in [0.3, 0.4) is 0 Å². The fraction of sp³-hybridized carbons (Fsp3) is 0.939. The van der Waals surface area contributed by atoms with Gasteiger partial charge in [-0.1, -0.05) is 53.2 Å². The summed E-state index contributed by atoms with van der Waals surface area (Å²) >= 11 is 0. The fourth-order valence-corrected chi connectivity index (χ4v) is 13.6. The van der Waals surface area contributed by atoms with Crippen molar-refractivity contribution in [3.8, 4) is 0 Å². The molecule has 0 aromatic carbocycles. The summed E-state index contributed by atoms with van der Waals surface area (Å²) in [5.41, 5.74) is 1.41. The number of hydrogen-bond donors (Lipinski definition) is 2. The van der Waals surface area contributed by atoms with E-state index in [1.165, 1.54) is 5.57 Å². The number of rotatable bonds is 7. The maximum absolute atomic E-state index is 14.0. The lowest BCUT2D eigenvalue weighted by Gasteiger charge is -2.48. The minimum absolute atomic E-state index is 0.0403. The van der Waals surface area contributed by atoms with Crippen LogP contribution in [0.25, 0.3) is 0 Å². The van der Waals surface area contributed by atoms with Crippen LogP contribution in [0.5, 0.6) is 0 Å². The average Bonchev–Trinajstić information content (AvgIpc) is 3.26. The molecule has 1 heterocycles. The van der Waals surface area contributed by atoms with Gasteiger partial charge in [-0.25, -0.2) is 8.42 Å². The lowest BCUT2D eigenvalue weighted by molar-refractivity contribution is 0.0265. The number of hydrogen-bond acceptors (Lipinski definition) is 5. The molecule has 4 aliphatic rings. The Morgan fingerprint density at radius 3 is 2.27 bits per heavy atom. The number of aliphatic hydroxyl groups is 1. The Labute approximate surface area is 254 Å². The quantitative estimate of drug-likeness (QED) is 0.223. The van der Waals surface area contributed by atoms with Crippen molar-refractivity contribution in [1.29, 1.82) is 0 Å². The number of fused-ring (bicyclic) bond motifs is 2. The van der Waals surface area contributed by atoms with Crippen LogP contribution in [0, 0.1) is 35.0 Å². The lowest BCUT2D eigenvalue weighted by atomic mass is 9.62. The van der Waals surface area contributed by atoms with Crippen LogP contribution in [-0.2, 0) is 14.3 Å². The van der Waals surface area contributed by atoms with Gasteiger partial charge < -0.3 is 14.3 Å². The highest BCUT2D eigenvalue weighted by molar-refractivity contribution is 7.92.